The second kappa shape index (κ2) is 7.65. The molecule has 7 nitrogen and oxygen atoms in total. The average Bonchev–Trinajstić information content (AvgIpc) is 2.85. The molecule has 0 radical (unpaired) electrons. The molecule has 0 aliphatic rings. The van der Waals surface area contributed by atoms with Gasteiger partial charge in [0.2, 0.25) is 0 Å². The highest BCUT2D eigenvalue weighted by Crippen LogP contribution is 2.21. The van der Waals surface area contributed by atoms with Gasteiger partial charge >= 0.3 is 5.97 Å². The minimum Gasteiger partial charge on any atom is -0.465 e. The number of hydrazine groups is 1. The number of hydrogen-bond acceptors (Lipinski definition) is 5. The molecule has 1 aromatic carbocycles. The second-order valence-corrected chi connectivity index (χ2v) is 5.57. The quantitative estimate of drug-likeness (QED) is 0.655. The number of furan rings is 1. The average molecular weight is 344 g/mol. The molecule has 0 unspecified atom stereocenters. The van der Waals surface area contributed by atoms with Gasteiger partial charge in [-0.25, -0.2) is 4.79 Å². The first-order valence-electron chi connectivity index (χ1n) is 7.74. The molecule has 0 saturated heterocycles. The van der Waals surface area contributed by atoms with Gasteiger partial charge in [0, 0.05) is 11.1 Å². The fourth-order valence-electron chi connectivity index (χ4n) is 2.25. The van der Waals surface area contributed by atoms with Gasteiger partial charge in [-0.05, 0) is 39.8 Å². The lowest BCUT2D eigenvalue weighted by atomic mass is 10.1. The van der Waals surface area contributed by atoms with Crippen molar-refractivity contribution in [3.63, 3.8) is 0 Å². The number of nitrogens with one attached hydrogen (secondary N) is 2. The van der Waals surface area contributed by atoms with Crippen LogP contribution in [0.3, 0.4) is 0 Å². The van der Waals surface area contributed by atoms with Gasteiger partial charge in [-0.2, -0.15) is 0 Å². The summed E-state index contributed by atoms with van der Waals surface area (Å²) in [6.45, 7) is 6.56. The Morgan fingerprint density at radius 2 is 1.64 bits per heavy atom. The molecule has 0 aliphatic carbocycles. The van der Waals surface area contributed by atoms with Crippen LogP contribution in [0.4, 0.5) is 0 Å². The van der Waals surface area contributed by atoms with Crippen LogP contribution in [0.2, 0.25) is 0 Å². The number of benzene rings is 1. The number of esters is 1. The Kier molecular flexibility index (Phi) is 5.59. The van der Waals surface area contributed by atoms with E-state index in [1.165, 1.54) is 6.92 Å². The molecule has 2 amide bonds. The Hall–Kier alpha value is -3.09. The van der Waals surface area contributed by atoms with Crippen LogP contribution in [0.15, 0.2) is 34.7 Å². The minimum atomic E-state index is -1.09. The molecule has 1 aromatic heterocycles. The fourth-order valence-corrected chi connectivity index (χ4v) is 2.25. The number of rotatable bonds is 4. The molecule has 0 bridgehead atoms. The number of ether oxygens (including phenoxy) is 1. The summed E-state index contributed by atoms with van der Waals surface area (Å²) in [5.74, 6) is -0.705. The highest BCUT2D eigenvalue weighted by Gasteiger charge is 2.24. The Balaban J connectivity index is 1.92. The zero-order valence-corrected chi connectivity index (χ0v) is 14.5. The van der Waals surface area contributed by atoms with E-state index in [1.807, 2.05) is 0 Å². The summed E-state index contributed by atoms with van der Waals surface area (Å²) in [5.41, 5.74) is 5.88. The lowest BCUT2D eigenvalue weighted by Crippen LogP contribution is -2.46. The summed E-state index contributed by atoms with van der Waals surface area (Å²) in [6.07, 6.45) is -1.09. The van der Waals surface area contributed by atoms with Crippen molar-refractivity contribution in [2.75, 3.05) is 0 Å². The van der Waals surface area contributed by atoms with E-state index < -0.39 is 23.9 Å². The predicted molar refractivity (Wildman–Crippen MR) is 89.8 cm³/mol. The molecule has 7 heteroatoms. The Labute approximate surface area is 145 Å². The van der Waals surface area contributed by atoms with Crippen molar-refractivity contribution >= 4 is 17.8 Å². The first-order valence-corrected chi connectivity index (χ1v) is 7.74. The molecule has 2 rings (SSSR count). The SMILES string of the molecule is Cc1oc(C)c(C(=O)O[C@@H](C)C(=O)NNC(=O)c2ccccc2)c1C. The first kappa shape index (κ1) is 18.3. The van der Waals surface area contributed by atoms with Gasteiger partial charge in [0.1, 0.15) is 17.1 Å². The maximum Gasteiger partial charge on any atom is 0.342 e. The van der Waals surface area contributed by atoms with Crippen LogP contribution in [-0.4, -0.2) is 23.9 Å². The summed E-state index contributed by atoms with van der Waals surface area (Å²) in [4.78, 5) is 36.1. The third kappa shape index (κ3) is 4.26. The van der Waals surface area contributed by atoms with Crippen molar-refractivity contribution in [3.8, 4) is 0 Å². The van der Waals surface area contributed by atoms with E-state index in [4.69, 9.17) is 9.15 Å². The molecule has 25 heavy (non-hydrogen) atoms. The van der Waals surface area contributed by atoms with Gasteiger partial charge in [0.15, 0.2) is 6.10 Å². The number of carbonyl (C=O) groups excluding carboxylic acids is 3. The van der Waals surface area contributed by atoms with Gasteiger partial charge in [0.25, 0.3) is 11.8 Å². The molecule has 1 heterocycles. The maximum absolute atomic E-state index is 12.2. The number of carbonyl (C=O) groups is 3. The van der Waals surface area contributed by atoms with E-state index in [0.717, 1.165) is 0 Å². The van der Waals surface area contributed by atoms with Gasteiger partial charge in [-0.3, -0.25) is 20.4 Å². The van der Waals surface area contributed by atoms with E-state index in [-0.39, 0.29) is 0 Å². The van der Waals surface area contributed by atoms with E-state index >= 15 is 0 Å². The van der Waals surface area contributed by atoms with Crippen molar-refractivity contribution in [2.45, 2.75) is 33.8 Å². The third-order valence-corrected chi connectivity index (χ3v) is 3.75. The lowest BCUT2D eigenvalue weighted by molar-refractivity contribution is -0.129. The lowest BCUT2D eigenvalue weighted by Gasteiger charge is -2.14. The highest BCUT2D eigenvalue weighted by atomic mass is 16.5. The molecule has 132 valence electrons. The number of hydrogen-bond donors (Lipinski definition) is 2. The predicted octanol–water partition coefficient (Wildman–Crippen LogP) is 2.21. The smallest absolute Gasteiger partial charge is 0.342 e. The summed E-state index contributed by atoms with van der Waals surface area (Å²) in [7, 11) is 0. The van der Waals surface area contributed by atoms with Crippen molar-refractivity contribution in [2.24, 2.45) is 0 Å². The van der Waals surface area contributed by atoms with Crippen molar-refractivity contribution in [3.05, 3.63) is 58.5 Å². The summed E-state index contributed by atoms with van der Waals surface area (Å²) < 4.78 is 10.5. The Bertz CT molecular complexity index is 795. The van der Waals surface area contributed by atoms with Crippen LogP contribution in [0.25, 0.3) is 0 Å². The van der Waals surface area contributed by atoms with E-state index in [0.29, 0.717) is 28.2 Å². The molecule has 0 aliphatic heterocycles. The Morgan fingerprint density at radius 3 is 2.20 bits per heavy atom. The van der Waals surface area contributed by atoms with Crippen LogP contribution in [-0.2, 0) is 9.53 Å². The first-order chi connectivity index (χ1) is 11.8. The molecule has 2 N–H and O–H groups in total. The molecule has 0 fully saturated rings. The monoisotopic (exact) mass is 344 g/mol. The maximum atomic E-state index is 12.2. The van der Waals surface area contributed by atoms with Crippen molar-refractivity contribution in [1.29, 1.82) is 0 Å². The molecule has 1 atom stereocenters. The van der Waals surface area contributed by atoms with Gasteiger partial charge in [0.05, 0.1) is 0 Å². The molecular formula is C18H20N2O5. The molecule has 0 spiro atoms. The standard InChI is InChI=1S/C18H20N2O5/c1-10-11(2)24-12(3)15(10)18(23)25-13(4)16(21)19-20-17(22)14-8-6-5-7-9-14/h5-9,13H,1-4H3,(H,19,21)(H,20,22)/t13-/m0/s1. The Morgan fingerprint density at radius 1 is 1.00 bits per heavy atom. The van der Waals surface area contributed by atoms with Crippen molar-refractivity contribution < 1.29 is 23.5 Å². The summed E-state index contributed by atoms with van der Waals surface area (Å²) >= 11 is 0. The fraction of sp³-hybridized carbons (Fsp3) is 0.278. The number of aryl methyl sites for hydroxylation is 2. The van der Waals surface area contributed by atoms with E-state index in [9.17, 15) is 14.4 Å². The van der Waals surface area contributed by atoms with Gasteiger partial charge < -0.3 is 9.15 Å². The van der Waals surface area contributed by atoms with Gasteiger partial charge in [-0.15, -0.1) is 0 Å². The van der Waals surface area contributed by atoms with Crippen LogP contribution in [0.5, 0.6) is 0 Å². The second-order valence-electron chi connectivity index (χ2n) is 5.57. The zero-order valence-electron chi connectivity index (χ0n) is 14.5. The van der Waals surface area contributed by atoms with Crippen LogP contribution in [0, 0.1) is 20.8 Å². The zero-order chi connectivity index (χ0) is 18.6. The summed E-state index contributed by atoms with van der Waals surface area (Å²) in [6, 6.07) is 8.41. The van der Waals surface area contributed by atoms with Gasteiger partial charge in [-0.1, -0.05) is 18.2 Å². The topological polar surface area (TPSA) is 97.6 Å². The largest absolute Gasteiger partial charge is 0.465 e. The van der Waals surface area contributed by atoms with E-state index in [2.05, 4.69) is 10.9 Å². The normalized spacial score (nSPS) is 11.5. The highest BCUT2D eigenvalue weighted by molar-refractivity contribution is 5.97. The summed E-state index contributed by atoms with van der Waals surface area (Å²) in [5, 5.41) is 0. The van der Waals surface area contributed by atoms with E-state index in [1.54, 1.807) is 51.1 Å². The number of amides is 2. The van der Waals surface area contributed by atoms with Crippen LogP contribution in [0.1, 0.15) is 44.7 Å². The minimum absolute atomic E-state index is 0.311. The third-order valence-electron chi connectivity index (χ3n) is 3.75. The molecule has 0 saturated carbocycles. The van der Waals surface area contributed by atoms with Crippen molar-refractivity contribution in [1.82, 2.24) is 10.9 Å². The molecule has 2 aromatic rings. The van der Waals surface area contributed by atoms with Crippen LogP contribution < -0.4 is 10.9 Å². The van der Waals surface area contributed by atoms with Crippen LogP contribution >= 0.6 is 0 Å². The molecular weight excluding hydrogens is 324 g/mol.